The fourth-order valence-electron chi connectivity index (χ4n) is 1.20. The first-order valence-corrected chi connectivity index (χ1v) is 4.57. The largest absolute Gasteiger partial charge is 0.460 e. The number of nitrogens with zero attached hydrogens (tertiary/aromatic N) is 1. The summed E-state index contributed by atoms with van der Waals surface area (Å²) in [7, 11) is 1.85. The predicted octanol–water partition coefficient (Wildman–Crippen LogP) is 0.394. The van der Waals surface area contributed by atoms with E-state index in [-0.39, 0.29) is 17.5 Å². The van der Waals surface area contributed by atoms with Gasteiger partial charge in [0.05, 0.1) is 5.92 Å². The fourth-order valence-corrected chi connectivity index (χ4v) is 1.20. The highest BCUT2D eigenvalue weighted by atomic mass is 16.6. The van der Waals surface area contributed by atoms with Crippen molar-refractivity contribution >= 4 is 5.97 Å². The zero-order valence-electron chi connectivity index (χ0n) is 8.76. The van der Waals surface area contributed by atoms with Gasteiger partial charge in [-0.3, -0.25) is 10.2 Å². The fraction of sp³-hybridized carbons (Fsp3) is 0.889. The van der Waals surface area contributed by atoms with Crippen molar-refractivity contribution < 1.29 is 9.53 Å². The minimum Gasteiger partial charge on any atom is -0.460 e. The van der Waals surface area contributed by atoms with E-state index in [1.54, 1.807) is 0 Å². The molecule has 0 radical (unpaired) electrons. The van der Waals surface area contributed by atoms with E-state index in [4.69, 9.17) is 4.74 Å². The molecule has 1 fully saturated rings. The van der Waals surface area contributed by atoms with Crippen molar-refractivity contribution in [1.29, 1.82) is 0 Å². The molecule has 1 N–H and O–H groups in total. The van der Waals surface area contributed by atoms with Crippen molar-refractivity contribution in [2.75, 3.05) is 20.1 Å². The number of ether oxygens (including phenoxy) is 1. The summed E-state index contributed by atoms with van der Waals surface area (Å²) in [4.78, 5) is 11.4. The lowest BCUT2D eigenvalue weighted by molar-refractivity contribution is -0.167. The molecule has 0 saturated carbocycles. The zero-order valence-corrected chi connectivity index (χ0v) is 8.76. The van der Waals surface area contributed by atoms with Crippen LogP contribution in [0.15, 0.2) is 0 Å². The number of hydrazine groups is 1. The standard InChI is InChI=1S/C9H18N2O2/c1-9(2,3)13-8(12)7-5-11(6-7)10-4/h7,10H,5-6H2,1-4H3. The van der Waals surface area contributed by atoms with E-state index in [2.05, 4.69) is 5.43 Å². The van der Waals surface area contributed by atoms with Gasteiger partial charge in [0, 0.05) is 13.1 Å². The van der Waals surface area contributed by atoms with Crippen LogP contribution in [0.2, 0.25) is 0 Å². The molecule has 13 heavy (non-hydrogen) atoms. The molecule has 1 saturated heterocycles. The van der Waals surface area contributed by atoms with Gasteiger partial charge in [-0.25, -0.2) is 5.01 Å². The molecule has 0 unspecified atom stereocenters. The van der Waals surface area contributed by atoms with Gasteiger partial charge in [0.2, 0.25) is 0 Å². The summed E-state index contributed by atoms with van der Waals surface area (Å²) < 4.78 is 5.24. The number of esters is 1. The van der Waals surface area contributed by atoms with E-state index in [1.165, 1.54) is 0 Å². The highest BCUT2D eigenvalue weighted by molar-refractivity contribution is 5.74. The monoisotopic (exact) mass is 186 g/mol. The van der Waals surface area contributed by atoms with Crippen LogP contribution in [0.4, 0.5) is 0 Å². The third-order valence-corrected chi connectivity index (χ3v) is 1.94. The van der Waals surface area contributed by atoms with E-state index in [0.29, 0.717) is 0 Å². The van der Waals surface area contributed by atoms with Gasteiger partial charge in [-0.2, -0.15) is 0 Å². The highest BCUT2D eigenvalue weighted by Gasteiger charge is 2.34. The van der Waals surface area contributed by atoms with Crippen molar-refractivity contribution in [3.05, 3.63) is 0 Å². The van der Waals surface area contributed by atoms with Crippen LogP contribution in [0, 0.1) is 5.92 Å². The van der Waals surface area contributed by atoms with E-state index in [1.807, 2.05) is 32.8 Å². The number of hydrogen-bond donors (Lipinski definition) is 1. The minimum absolute atomic E-state index is 0.0478. The Morgan fingerprint density at radius 2 is 2.00 bits per heavy atom. The molecule has 0 atom stereocenters. The first kappa shape index (κ1) is 10.5. The van der Waals surface area contributed by atoms with Crippen molar-refractivity contribution in [3.63, 3.8) is 0 Å². The van der Waals surface area contributed by atoms with Gasteiger partial charge < -0.3 is 4.74 Å². The second-order valence-electron chi connectivity index (χ2n) is 4.36. The molecule has 4 nitrogen and oxygen atoms in total. The van der Waals surface area contributed by atoms with Gasteiger partial charge >= 0.3 is 5.97 Å². The second-order valence-corrected chi connectivity index (χ2v) is 4.36. The Morgan fingerprint density at radius 3 is 2.38 bits per heavy atom. The summed E-state index contributed by atoms with van der Waals surface area (Å²) in [5.41, 5.74) is 2.61. The van der Waals surface area contributed by atoms with Gasteiger partial charge in [0.25, 0.3) is 0 Å². The molecule has 0 aromatic carbocycles. The van der Waals surface area contributed by atoms with Gasteiger partial charge in [0.15, 0.2) is 0 Å². The van der Waals surface area contributed by atoms with Gasteiger partial charge in [-0.05, 0) is 27.8 Å². The lowest BCUT2D eigenvalue weighted by Gasteiger charge is -2.37. The zero-order chi connectivity index (χ0) is 10.1. The van der Waals surface area contributed by atoms with E-state index >= 15 is 0 Å². The Bertz CT molecular complexity index is 192. The van der Waals surface area contributed by atoms with E-state index in [9.17, 15) is 4.79 Å². The summed E-state index contributed by atoms with van der Waals surface area (Å²) in [5.74, 6) is -0.0364. The number of rotatable bonds is 2. The lowest BCUT2D eigenvalue weighted by Crippen LogP contribution is -2.56. The molecular weight excluding hydrogens is 168 g/mol. The molecular formula is C9H18N2O2. The molecule has 0 aliphatic carbocycles. The minimum atomic E-state index is -0.364. The van der Waals surface area contributed by atoms with Crippen LogP contribution in [-0.2, 0) is 9.53 Å². The lowest BCUT2D eigenvalue weighted by atomic mass is 10.0. The first-order chi connectivity index (χ1) is 5.92. The van der Waals surface area contributed by atoms with Crippen LogP contribution in [-0.4, -0.2) is 36.7 Å². The first-order valence-electron chi connectivity index (χ1n) is 4.57. The Labute approximate surface area is 79.2 Å². The van der Waals surface area contributed by atoms with Crippen LogP contribution >= 0.6 is 0 Å². The smallest absolute Gasteiger partial charge is 0.312 e. The molecule has 0 aromatic rings. The Morgan fingerprint density at radius 1 is 1.46 bits per heavy atom. The maximum Gasteiger partial charge on any atom is 0.312 e. The van der Waals surface area contributed by atoms with Gasteiger partial charge in [-0.15, -0.1) is 0 Å². The van der Waals surface area contributed by atoms with Crippen LogP contribution in [0.1, 0.15) is 20.8 Å². The normalized spacial score (nSPS) is 19.7. The summed E-state index contributed by atoms with van der Waals surface area (Å²) >= 11 is 0. The number of carbonyl (C=O) groups excluding carboxylic acids is 1. The van der Waals surface area contributed by atoms with Crippen molar-refractivity contribution in [3.8, 4) is 0 Å². The van der Waals surface area contributed by atoms with Gasteiger partial charge in [0.1, 0.15) is 5.60 Å². The van der Waals surface area contributed by atoms with Crippen LogP contribution < -0.4 is 5.43 Å². The molecule has 1 heterocycles. The number of hydrogen-bond acceptors (Lipinski definition) is 4. The molecule has 1 aliphatic rings. The average Bonchev–Trinajstić information content (AvgIpc) is 1.79. The molecule has 0 aromatic heterocycles. The summed E-state index contributed by atoms with van der Waals surface area (Å²) in [6, 6.07) is 0. The highest BCUT2D eigenvalue weighted by Crippen LogP contribution is 2.18. The van der Waals surface area contributed by atoms with Gasteiger partial charge in [-0.1, -0.05) is 0 Å². The van der Waals surface area contributed by atoms with E-state index in [0.717, 1.165) is 13.1 Å². The number of carbonyl (C=O) groups is 1. The molecule has 0 amide bonds. The molecule has 4 heteroatoms. The Hall–Kier alpha value is -0.610. The van der Waals surface area contributed by atoms with Crippen LogP contribution in [0.25, 0.3) is 0 Å². The maximum absolute atomic E-state index is 11.4. The Kier molecular flexibility index (Phi) is 2.93. The SMILES string of the molecule is CNN1CC(C(=O)OC(C)(C)C)C1. The van der Waals surface area contributed by atoms with Crippen LogP contribution in [0.3, 0.4) is 0 Å². The molecule has 1 rings (SSSR count). The summed E-state index contributed by atoms with van der Waals surface area (Å²) in [5, 5.41) is 1.98. The number of nitrogens with one attached hydrogen (secondary N) is 1. The molecule has 0 spiro atoms. The van der Waals surface area contributed by atoms with Crippen molar-refractivity contribution in [2.45, 2.75) is 26.4 Å². The molecule has 76 valence electrons. The topological polar surface area (TPSA) is 41.6 Å². The van der Waals surface area contributed by atoms with Crippen molar-refractivity contribution in [2.24, 2.45) is 5.92 Å². The molecule has 1 aliphatic heterocycles. The Balaban J connectivity index is 2.27. The van der Waals surface area contributed by atoms with Crippen LogP contribution in [0.5, 0.6) is 0 Å². The van der Waals surface area contributed by atoms with Crippen molar-refractivity contribution in [1.82, 2.24) is 10.4 Å². The molecule has 0 bridgehead atoms. The quantitative estimate of drug-likeness (QED) is 0.634. The van der Waals surface area contributed by atoms with E-state index < -0.39 is 0 Å². The second kappa shape index (κ2) is 3.64. The third kappa shape index (κ3) is 2.97. The predicted molar refractivity (Wildman–Crippen MR) is 50.0 cm³/mol. The maximum atomic E-state index is 11.4. The summed E-state index contributed by atoms with van der Waals surface area (Å²) in [6.07, 6.45) is 0. The average molecular weight is 186 g/mol. The summed E-state index contributed by atoms with van der Waals surface area (Å²) in [6.45, 7) is 7.18. The third-order valence-electron chi connectivity index (χ3n) is 1.94.